The Kier molecular flexibility index (Phi) is 5.66. The third-order valence-corrected chi connectivity index (χ3v) is 7.54. The van der Waals surface area contributed by atoms with Gasteiger partial charge < -0.3 is 15.0 Å². The van der Waals surface area contributed by atoms with Crippen molar-refractivity contribution in [2.75, 3.05) is 6.61 Å². The van der Waals surface area contributed by atoms with Gasteiger partial charge in [0.15, 0.2) is 6.61 Å². The molecule has 4 bridgehead atoms. The van der Waals surface area contributed by atoms with Crippen LogP contribution in [0.3, 0.4) is 0 Å². The van der Waals surface area contributed by atoms with Crippen LogP contribution >= 0.6 is 0 Å². The number of carbonyl (C=O) groups excluding carboxylic acids is 3. The number of hydrogen-bond donors (Lipinski definition) is 3. The third-order valence-electron chi connectivity index (χ3n) is 7.54. The predicted octanol–water partition coefficient (Wildman–Crippen LogP) is 3.83. The first-order valence-corrected chi connectivity index (χ1v) is 11.8. The molecular weight excluding hydrogens is 406 g/mol. The Bertz CT molecular complexity index is 992. The van der Waals surface area contributed by atoms with Gasteiger partial charge in [-0.25, -0.2) is 4.79 Å². The number of ether oxygens (including phenoxy) is 1. The molecule has 0 unspecified atom stereocenters. The fraction of sp³-hybridized carbons (Fsp3) is 0.560. The molecule has 0 saturated heterocycles. The van der Waals surface area contributed by atoms with E-state index in [1.54, 1.807) is 0 Å². The van der Waals surface area contributed by atoms with E-state index < -0.39 is 24.5 Å². The quantitative estimate of drug-likeness (QED) is 0.573. The molecule has 32 heavy (non-hydrogen) atoms. The lowest BCUT2D eigenvalue weighted by Crippen LogP contribution is -2.62. The van der Waals surface area contributed by atoms with E-state index in [-0.39, 0.29) is 12.0 Å². The molecule has 4 aliphatic rings. The number of aromatic amines is 1. The highest BCUT2D eigenvalue weighted by atomic mass is 16.5. The lowest BCUT2D eigenvalue weighted by Gasteiger charge is -2.56. The van der Waals surface area contributed by atoms with Gasteiger partial charge in [-0.15, -0.1) is 0 Å². The number of hydrogen-bond acceptors (Lipinski definition) is 4. The molecule has 1 heterocycles. The molecule has 4 fully saturated rings. The van der Waals surface area contributed by atoms with Gasteiger partial charge in [-0.3, -0.25) is 14.9 Å². The Morgan fingerprint density at radius 2 is 1.72 bits per heavy atom. The smallest absolute Gasteiger partial charge is 0.321 e. The fourth-order valence-corrected chi connectivity index (χ4v) is 6.68. The molecule has 4 saturated carbocycles. The standard InChI is InChI=1S/C25H31N3O4/c29-22(27-24(31)28-25-11-16-8-17(12-25)10-18(9-16)13-25)15-32-23(30)7-3-4-19-14-26-21-6-2-1-5-20(19)21/h1-2,5-6,14,16-18,26H,3-4,7-13,15H2,(H2,27,28,29,31). The van der Waals surface area contributed by atoms with Crippen LogP contribution in [0.1, 0.15) is 56.9 Å². The van der Waals surface area contributed by atoms with Crippen molar-refractivity contribution in [1.82, 2.24) is 15.6 Å². The molecule has 0 radical (unpaired) electrons. The minimum atomic E-state index is -0.586. The van der Waals surface area contributed by atoms with Crippen LogP contribution in [0.15, 0.2) is 30.5 Å². The summed E-state index contributed by atoms with van der Waals surface area (Å²) in [6.07, 6.45) is 10.5. The van der Waals surface area contributed by atoms with Crippen molar-refractivity contribution in [3.63, 3.8) is 0 Å². The van der Waals surface area contributed by atoms with E-state index >= 15 is 0 Å². The SMILES string of the molecule is O=C(COC(=O)CCCc1c[nH]c2ccccc12)NC(=O)NC12CC3CC(CC(C3)C1)C2. The summed E-state index contributed by atoms with van der Waals surface area (Å²) in [5.74, 6) is 1.12. The maximum absolute atomic E-state index is 12.4. The maximum atomic E-state index is 12.4. The number of fused-ring (bicyclic) bond motifs is 1. The van der Waals surface area contributed by atoms with Crippen molar-refractivity contribution in [3.05, 3.63) is 36.0 Å². The Labute approximate surface area is 187 Å². The lowest BCUT2D eigenvalue weighted by molar-refractivity contribution is -0.148. The zero-order valence-corrected chi connectivity index (χ0v) is 18.3. The van der Waals surface area contributed by atoms with E-state index in [1.165, 1.54) is 19.3 Å². The second-order valence-electron chi connectivity index (χ2n) is 10.1. The van der Waals surface area contributed by atoms with Crippen molar-refractivity contribution < 1.29 is 19.1 Å². The molecular formula is C25H31N3O4. The number of para-hydroxylation sites is 1. The van der Waals surface area contributed by atoms with Gasteiger partial charge in [0.05, 0.1) is 0 Å². The van der Waals surface area contributed by atoms with Crippen molar-refractivity contribution in [1.29, 1.82) is 0 Å². The summed E-state index contributed by atoms with van der Waals surface area (Å²) in [4.78, 5) is 39.7. The molecule has 0 aliphatic heterocycles. The number of aromatic nitrogens is 1. The number of urea groups is 1. The van der Waals surface area contributed by atoms with E-state index in [4.69, 9.17) is 4.74 Å². The molecule has 2 aromatic rings. The lowest BCUT2D eigenvalue weighted by atomic mass is 9.53. The van der Waals surface area contributed by atoms with Gasteiger partial charge in [0, 0.05) is 29.1 Å². The zero-order valence-electron chi connectivity index (χ0n) is 18.3. The second-order valence-corrected chi connectivity index (χ2v) is 10.1. The Hall–Kier alpha value is -2.83. The fourth-order valence-electron chi connectivity index (χ4n) is 6.68. The summed E-state index contributed by atoms with van der Waals surface area (Å²) in [6, 6.07) is 7.58. The van der Waals surface area contributed by atoms with Gasteiger partial charge in [-0.05, 0) is 80.8 Å². The summed E-state index contributed by atoms with van der Waals surface area (Å²) in [7, 11) is 0. The minimum absolute atomic E-state index is 0.155. The molecule has 170 valence electrons. The van der Waals surface area contributed by atoms with Gasteiger partial charge in [-0.2, -0.15) is 0 Å². The van der Waals surface area contributed by atoms with E-state index in [0.29, 0.717) is 24.2 Å². The zero-order chi connectivity index (χ0) is 22.1. The molecule has 7 heteroatoms. The molecule has 3 amide bonds. The Morgan fingerprint density at radius 1 is 1.03 bits per heavy atom. The second kappa shape index (κ2) is 8.60. The number of imide groups is 1. The molecule has 1 aromatic heterocycles. The van der Waals surface area contributed by atoms with Crippen LogP contribution in [0, 0.1) is 17.8 Å². The molecule has 6 rings (SSSR count). The van der Waals surface area contributed by atoms with Crippen LogP contribution in [0.5, 0.6) is 0 Å². The van der Waals surface area contributed by atoms with E-state index in [1.807, 2.05) is 24.4 Å². The third kappa shape index (κ3) is 4.52. The molecule has 3 N–H and O–H groups in total. The monoisotopic (exact) mass is 437 g/mol. The highest BCUT2D eigenvalue weighted by Gasteiger charge is 2.51. The Balaban J connectivity index is 1.02. The normalized spacial score (nSPS) is 27.9. The van der Waals surface area contributed by atoms with Crippen molar-refractivity contribution in [2.45, 2.75) is 63.3 Å². The number of aryl methyl sites for hydroxylation is 1. The number of rotatable bonds is 7. The summed E-state index contributed by atoms with van der Waals surface area (Å²) < 4.78 is 5.07. The average molecular weight is 438 g/mol. The van der Waals surface area contributed by atoms with Crippen molar-refractivity contribution in [3.8, 4) is 0 Å². The largest absolute Gasteiger partial charge is 0.456 e. The summed E-state index contributed by atoms with van der Waals surface area (Å²) >= 11 is 0. The Morgan fingerprint density at radius 3 is 2.44 bits per heavy atom. The van der Waals surface area contributed by atoms with Gasteiger partial charge in [0.1, 0.15) is 0 Å². The number of carbonyl (C=O) groups is 3. The van der Waals surface area contributed by atoms with E-state index in [0.717, 1.165) is 42.1 Å². The van der Waals surface area contributed by atoms with Crippen LogP contribution in [-0.2, 0) is 20.7 Å². The number of esters is 1. The molecule has 0 atom stereocenters. The van der Waals surface area contributed by atoms with Crippen molar-refractivity contribution >= 4 is 28.8 Å². The summed E-state index contributed by atoms with van der Waals surface area (Å²) in [5.41, 5.74) is 2.08. The van der Waals surface area contributed by atoms with Gasteiger partial charge >= 0.3 is 12.0 Å². The molecule has 4 aliphatic carbocycles. The van der Waals surface area contributed by atoms with Crippen molar-refractivity contribution in [2.24, 2.45) is 17.8 Å². The van der Waals surface area contributed by atoms with Crippen LogP contribution in [0.2, 0.25) is 0 Å². The topological polar surface area (TPSA) is 100 Å². The van der Waals surface area contributed by atoms with Crippen LogP contribution in [0.25, 0.3) is 10.9 Å². The molecule has 7 nitrogen and oxygen atoms in total. The number of amides is 3. The average Bonchev–Trinajstić information content (AvgIpc) is 3.14. The van der Waals surface area contributed by atoms with Crippen LogP contribution < -0.4 is 10.6 Å². The van der Waals surface area contributed by atoms with Gasteiger partial charge in [-0.1, -0.05) is 18.2 Å². The number of H-pyrrole nitrogens is 1. The van der Waals surface area contributed by atoms with Crippen LogP contribution in [-0.4, -0.2) is 35.0 Å². The van der Waals surface area contributed by atoms with Gasteiger partial charge in [0.25, 0.3) is 5.91 Å². The molecule has 0 spiro atoms. The van der Waals surface area contributed by atoms with Gasteiger partial charge in [0.2, 0.25) is 0 Å². The predicted molar refractivity (Wildman–Crippen MR) is 120 cm³/mol. The first-order chi connectivity index (χ1) is 15.5. The van der Waals surface area contributed by atoms with E-state index in [2.05, 4.69) is 21.7 Å². The number of nitrogens with one attached hydrogen (secondary N) is 3. The maximum Gasteiger partial charge on any atom is 0.321 e. The highest BCUT2D eigenvalue weighted by molar-refractivity contribution is 5.95. The highest BCUT2D eigenvalue weighted by Crippen LogP contribution is 2.55. The molecule has 1 aromatic carbocycles. The minimum Gasteiger partial charge on any atom is -0.456 e. The summed E-state index contributed by atoms with van der Waals surface area (Å²) in [6.45, 7) is -0.430. The van der Waals surface area contributed by atoms with Crippen LogP contribution in [0.4, 0.5) is 4.79 Å². The summed E-state index contributed by atoms with van der Waals surface area (Å²) in [5, 5.41) is 6.59. The first-order valence-electron chi connectivity index (χ1n) is 11.8. The first kappa shape index (κ1) is 21.0. The van der Waals surface area contributed by atoms with E-state index in [9.17, 15) is 14.4 Å². The number of benzene rings is 1.